The van der Waals surface area contributed by atoms with Crippen molar-refractivity contribution in [2.24, 2.45) is 0 Å². The van der Waals surface area contributed by atoms with E-state index in [1.807, 2.05) is 0 Å². The third-order valence-corrected chi connectivity index (χ3v) is 4.69. The van der Waals surface area contributed by atoms with Gasteiger partial charge in [-0.1, -0.05) is 30.3 Å². The lowest BCUT2D eigenvalue weighted by Crippen LogP contribution is -2.46. The number of hydrogen-bond acceptors (Lipinski definition) is 6. The second-order valence-corrected chi connectivity index (χ2v) is 6.51. The molecule has 1 heterocycles. The number of Topliss-reactive ketones (excluding diaryl/α,β-unsaturated/α-hetero) is 1. The third kappa shape index (κ3) is 4.29. The van der Waals surface area contributed by atoms with Crippen LogP contribution in [-0.2, 0) is 4.79 Å². The predicted octanol–water partition coefficient (Wildman–Crippen LogP) is 2.20. The lowest BCUT2D eigenvalue weighted by Gasteiger charge is -2.22. The van der Waals surface area contributed by atoms with Crippen LogP contribution in [0, 0.1) is 10.1 Å². The van der Waals surface area contributed by atoms with Crippen molar-refractivity contribution in [2.45, 2.75) is 18.9 Å². The molecule has 8 heteroatoms. The fourth-order valence-corrected chi connectivity index (χ4v) is 3.31. The van der Waals surface area contributed by atoms with Gasteiger partial charge in [0.2, 0.25) is 5.91 Å². The fraction of sp³-hybridized carbons (Fsp3) is 0.250. The lowest BCUT2D eigenvalue weighted by atomic mass is 10.1. The van der Waals surface area contributed by atoms with Gasteiger partial charge in [-0.05, 0) is 37.6 Å². The van der Waals surface area contributed by atoms with Crippen LogP contribution in [0.4, 0.5) is 5.69 Å². The highest BCUT2D eigenvalue weighted by atomic mass is 16.6. The minimum absolute atomic E-state index is 0.0129. The number of hydrogen-bond donors (Lipinski definition) is 1. The first-order valence-corrected chi connectivity index (χ1v) is 8.88. The van der Waals surface area contributed by atoms with E-state index in [1.165, 1.54) is 18.2 Å². The molecule has 1 saturated heterocycles. The number of rotatable bonds is 6. The molecule has 0 aromatic heterocycles. The highest BCUT2D eigenvalue weighted by Crippen LogP contribution is 2.22. The first-order chi connectivity index (χ1) is 13.5. The number of amides is 2. The van der Waals surface area contributed by atoms with Gasteiger partial charge in [0.15, 0.2) is 5.78 Å². The summed E-state index contributed by atoms with van der Waals surface area (Å²) in [5.74, 6) is -1.40. The summed E-state index contributed by atoms with van der Waals surface area (Å²) in [5.41, 5.74) is 0.127. The maximum absolute atomic E-state index is 12.6. The number of likely N-dealkylation sites (tertiary alicyclic amines) is 1. The minimum atomic E-state index is -0.626. The average Bonchev–Trinajstić information content (AvgIpc) is 3.16. The summed E-state index contributed by atoms with van der Waals surface area (Å²) in [7, 11) is 0. The van der Waals surface area contributed by atoms with Crippen molar-refractivity contribution in [1.82, 2.24) is 10.2 Å². The minimum Gasteiger partial charge on any atom is -0.292 e. The average molecular weight is 381 g/mol. The van der Waals surface area contributed by atoms with Gasteiger partial charge in [-0.2, -0.15) is 0 Å². The van der Waals surface area contributed by atoms with Gasteiger partial charge >= 0.3 is 0 Å². The number of nitrogens with zero attached hydrogens (tertiary/aromatic N) is 2. The van der Waals surface area contributed by atoms with Crippen molar-refractivity contribution >= 4 is 23.3 Å². The Morgan fingerprint density at radius 2 is 1.75 bits per heavy atom. The molecular weight excluding hydrogens is 362 g/mol. The van der Waals surface area contributed by atoms with Crippen LogP contribution in [0.15, 0.2) is 54.6 Å². The number of benzene rings is 2. The molecule has 2 aromatic rings. The lowest BCUT2D eigenvalue weighted by molar-refractivity contribution is -0.385. The second kappa shape index (κ2) is 8.53. The number of nitro groups is 1. The summed E-state index contributed by atoms with van der Waals surface area (Å²) in [6, 6.07) is 13.5. The molecule has 0 bridgehead atoms. The van der Waals surface area contributed by atoms with E-state index in [2.05, 4.69) is 5.32 Å². The first-order valence-electron chi connectivity index (χ1n) is 8.88. The van der Waals surface area contributed by atoms with Gasteiger partial charge in [0.05, 0.1) is 23.1 Å². The van der Waals surface area contributed by atoms with Gasteiger partial charge in [-0.15, -0.1) is 0 Å². The van der Waals surface area contributed by atoms with Crippen molar-refractivity contribution in [1.29, 1.82) is 0 Å². The van der Waals surface area contributed by atoms with Crippen LogP contribution in [0.5, 0.6) is 0 Å². The monoisotopic (exact) mass is 381 g/mol. The molecule has 0 saturated carbocycles. The molecule has 0 spiro atoms. The molecule has 28 heavy (non-hydrogen) atoms. The molecule has 8 nitrogen and oxygen atoms in total. The normalized spacial score (nSPS) is 16.5. The molecule has 144 valence electrons. The number of nitrogens with one attached hydrogen (secondary N) is 1. The number of imide groups is 1. The van der Waals surface area contributed by atoms with Gasteiger partial charge in [0.1, 0.15) is 0 Å². The van der Waals surface area contributed by atoms with Crippen LogP contribution in [-0.4, -0.2) is 46.6 Å². The maximum atomic E-state index is 12.6. The number of nitro benzene ring substituents is 1. The van der Waals surface area contributed by atoms with Gasteiger partial charge in [0.25, 0.3) is 11.6 Å². The Labute approximate surface area is 161 Å². The summed E-state index contributed by atoms with van der Waals surface area (Å²) in [6.45, 7) is 0.381. The number of carbonyl (C=O) groups is 3. The molecule has 1 aliphatic heterocycles. The molecule has 1 aliphatic rings. The predicted molar refractivity (Wildman–Crippen MR) is 101 cm³/mol. The Morgan fingerprint density at radius 1 is 1.07 bits per heavy atom. The Balaban J connectivity index is 1.68. The first kappa shape index (κ1) is 19.4. The van der Waals surface area contributed by atoms with Crippen molar-refractivity contribution in [3.63, 3.8) is 0 Å². The molecule has 1 fully saturated rings. The van der Waals surface area contributed by atoms with E-state index in [9.17, 15) is 24.5 Å². The van der Waals surface area contributed by atoms with E-state index >= 15 is 0 Å². The summed E-state index contributed by atoms with van der Waals surface area (Å²) < 4.78 is 0. The largest absolute Gasteiger partial charge is 0.292 e. The molecule has 2 amide bonds. The van der Waals surface area contributed by atoms with E-state index in [-0.39, 0.29) is 17.8 Å². The van der Waals surface area contributed by atoms with Crippen molar-refractivity contribution in [3.8, 4) is 0 Å². The zero-order valence-corrected chi connectivity index (χ0v) is 15.0. The van der Waals surface area contributed by atoms with E-state index in [4.69, 9.17) is 0 Å². The summed E-state index contributed by atoms with van der Waals surface area (Å²) in [5, 5.41) is 13.5. The molecule has 2 aromatic carbocycles. The quantitative estimate of drug-likeness (QED) is 0.356. The van der Waals surface area contributed by atoms with Crippen LogP contribution in [0.1, 0.15) is 33.6 Å². The van der Waals surface area contributed by atoms with Crippen LogP contribution in [0.25, 0.3) is 0 Å². The van der Waals surface area contributed by atoms with Crippen LogP contribution in [0.3, 0.4) is 0 Å². The van der Waals surface area contributed by atoms with Crippen LogP contribution in [0.2, 0.25) is 0 Å². The third-order valence-electron chi connectivity index (χ3n) is 4.69. The Bertz CT molecular complexity index is 913. The Kier molecular flexibility index (Phi) is 5.90. The van der Waals surface area contributed by atoms with Crippen molar-refractivity contribution < 1.29 is 19.3 Å². The smallest absolute Gasteiger partial charge is 0.280 e. The second-order valence-electron chi connectivity index (χ2n) is 6.51. The van der Waals surface area contributed by atoms with Crippen LogP contribution < -0.4 is 5.32 Å². The van der Waals surface area contributed by atoms with Gasteiger partial charge in [-0.25, -0.2) is 0 Å². The standard InChI is InChI=1S/C20H19N3O5/c24-18(15-9-4-5-10-16(15)23(27)28)13-22-12-6-11-17(22)20(26)21-19(25)14-7-2-1-3-8-14/h1-5,7-10,17H,6,11-13H2,(H,21,25,26)/t17-/m1/s1. The van der Waals surface area contributed by atoms with Crippen molar-refractivity contribution in [3.05, 3.63) is 75.8 Å². The number of para-hydroxylation sites is 1. The molecule has 1 N–H and O–H groups in total. The van der Waals surface area contributed by atoms with Crippen LogP contribution >= 0.6 is 0 Å². The Morgan fingerprint density at radius 3 is 2.46 bits per heavy atom. The van der Waals surface area contributed by atoms with E-state index in [1.54, 1.807) is 41.3 Å². The van der Waals surface area contributed by atoms with Crippen molar-refractivity contribution in [2.75, 3.05) is 13.1 Å². The van der Waals surface area contributed by atoms with E-state index in [0.29, 0.717) is 24.9 Å². The Hall–Kier alpha value is -3.39. The molecule has 1 atom stereocenters. The van der Waals surface area contributed by atoms with E-state index < -0.39 is 28.6 Å². The SMILES string of the molecule is O=C(NC(=O)[C@H]1CCCN1CC(=O)c1ccccc1[N+](=O)[O-])c1ccccc1. The topological polar surface area (TPSA) is 110 Å². The summed E-state index contributed by atoms with van der Waals surface area (Å²) in [4.78, 5) is 49.5. The molecule has 0 aliphatic carbocycles. The maximum Gasteiger partial charge on any atom is 0.280 e. The zero-order valence-electron chi connectivity index (χ0n) is 15.0. The van der Waals surface area contributed by atoms with Gasteiger partial charge < -0.3 is 0 Å². The molecule has 3 rings (SSSR count). The number of carbonyl (C=O) groups excluding carboxylic acids is 3. The highest BCUT2D eigenvalue weighted by Gasteiger charge is 2.34. The molecule has 0 unspecified atom stereocenters. The number of ketones is 1. The van der Waals surface area contributed by atoms with Gasteiger partial charge in [0, 0.05) is 11.6 Å². The fourth-order valence-electron chi connectivity index (χ4n) is 3.31. The van der Waals surface area contributed by atoms with E-state index in [0.717, 1.165) is 0 Å². The summed E-state index contributed by atoms with van der Waals surface area (Å²) in [6.07, 6.45) is 1.21. The molecular formula is C20H19N3O5. The molecule has 0 radical (unpaired) electrons. The highest BCUT2D eigenvalue weighted by molar-refractivity contribution is 6.06. The van der Waals surface area contributed by atoms with Gasteiger partial charge in [-0.3, -0.25) is 34.7 Å². The zero-order chi connectivity index (χ0) is 20.1. The summed E-state index contributed by atoms with van der Waals surface area (Å²) >= 11 is 0.